The average Bonchev–Trinajstić information content (AvgIpc) is 3.23. The lowest BCUT2D eigenvalue weighted by Crippen LogP contribution is -2.05. The van der Waals surface area contributed by atoms with E-state index in [2.05, 4.69) is 5.16 Å². The number of hydrogen-bond acceptors (Lipinski definition) is 6. The van der Waals surface area contributed by atoms with Crippen molar-refractivity contribution in [2.24, 2.45) is 0 Å². The fraction of sp³-hybridized carbons (Fsp3) is 0.125. The van der Waals surface area contributed by atoms with Gasteiger partial charge in [-0.1, -0.05) is 5.16 Å². The van der Waals surface area contributed by atoms with Crippen LogP contribution in [0.1, 0.15) is 16.1 Å². The van der Waals surface area contributed by atoms with Gasteiger partial charge in [-0.2, -0.15) is 0 Å². The maximum Gasteiger partial charge on any atom is 0.338 e. The Morgan fingerprint density at radius 1 is 1.18 bits per heavy atom. The zero-order valence-corrected chi connectivity index (χ0v) is 11.8. The first-order valence-corrected chi connectivity index (χ1v) is 6.57. The van der Waals surface area contributed by atoms with Gasteiger partial charge in [0.1, 0.15) is 18.1 Å². The maximum absolute atomic E-state index is 11.9. The van der Waals surface area contributed by atoms with Gasteiger partial charge in [0.15, 0.2) is 5.76 Å². The van der Waals surface area contributed by atoms with Gasteiger partial charge in [-0.05, 0) is 36.4 Å². The molecule has 0 radical (unpaired) electrons. The van der Waals surface area contributed by atoms with Gasteiger partial charge in [-0.25, -0.2) is 4.79 Å². The Morgan fingerprint density at radius 3 is 2.68 bits per heavy atom. The molecule has 2 aromatic heterocycles. The molecule has 112 valence electrons. The summed E-state index contributed by atoms with van der Waals surface area (Å²) in [7, 11) is 1.56. The molecule has 6 nitrogen and oxygen atoms in total. The van der Waals surface area contributed by atoms with Crippen LogP contribution in [-0.4, -0.2) is 18.2 Å². The molecule has 2 heterocycles. The van der Waals surface area contributed by atoms with Crippen LogP contribution in [0.5, 0.6) is 5.75 Å². The number of carbonyl (C=O) groups is 1. The highest BCUT2D eigenvalue weighted by Crippen LogP contribution is 2.21. The Bertz CT molecular complexity index is 743. The zero-order valence-electron chi connectivity index (χ0n) is 11.8. The molecule has 0 saturated carbocycles. The molecule has 1 aromatic carbocycles. The van der Waals surface area contributed by atoms with E-state index in [0.29, 0.717) is 28.5 Å². The highest BCUT2D eigenvalue weighted by molar-refractivity contribution is 5.89. The third-order valence-electron chi connectivity index (χ3n) is 3.00. The van der Waals surface area contributed by atoms with E-state index in [1.807, 2.05) is 0 Å². The highest BCUT2D eigenvalue weighted by atomic mass is 16.5. The number of rotatable bonds is 5. The van der Waals surface area contributed by atoms with Crippen LogP contribution in [0, 0.1) is 0 Å². The highest BCUT2D eigenvalue weighted by Gasteiger charge is 2.12. The largest absolute Gasteiger partial charge is 0.497 e. The Hall–Kier alpha value is -3.02. The fourth-order valence-corrected chi connectivity index (χ4v) is 1.86. The molecule has 0 aliphatic carbocycles. The van der Waals surface area contributed by atoms with Crippen molar-refractivity contribution in [3.63, 3.8) is 0 Å². The Balaban J connectivity index is 1.61. The van der Waals surface area contributed by atoms with Gasteiger partial charge in [-0.3, -0.25) is 0 Å². The summed E-state index contributed by atoms with van der Waals surface area (Å²) in [6, 6.07) is 11.8. The smallest absolute Gasteiger partial charge is 0.338 e. The number of methoxy groups -OCH3 is 1. The topological polar surface area (TPSA) is 74.7 Å². The summed E-state index contributed by atoms with van der Waals surface area (Å²) in [5.74, 6) is 1.29. The summed E-state index contributed by atoms with van der Waals surface area (Å²) in [6.07, 6.45) is 1.54. The molecular formula is C16H13NO5. The molecule has 6 heteroatoms. The predicted octanol–water partition coefficient (Wildman–Crippen LogP) is 3.30. The minimum atomic E-state index is -0.440. The lowest BCUT2D eigenvalue weighted by atomic mass is 10.2. The van der Waals surface area contributed by atoms with E-state index in [1.54, 1.807) is 55.8 Å². The molecule has 0 aliphatic heterocycles. The van der Waals surface area contributed by atoms with Gasteiger partial charge in [0, 0.05) is 6.07 Å². The number of ether oxygens (including phenoxy) is 2. The number of furan rings is 1. The van der Waals surface area contributed by atoms with Crippen LogP contribution in [0.15, 0.2) is 57.7 Å². The van der Waals surface area contributed by atoms with E-state index in [0.717, 1.165) is 0 Å². The van der Waals surface area contributed by atoms with Crippen molar-refractivity contribution in [2.75, 3.05) is 7.11 Å². The van der Waals surface area contributed by atoms with E-state index >= 15 is 0 Å². The van der Waals surface area contributed by atoms with Crippen LogP contribution < -0.4 is 4.74 Å². The summed E-state index contributed by atoms with van der Waals surface area (Å²) < 4.78 is 20.5. The van der Waals surface area contributed by atoms with Crippen LogP contribution in [0.25, 0.3) is 11.5 Å². The molecule has 0 N–H and O–H groups in total. The standard InChI is InChI=1S/C16H13NO5/c1-19-13-6-4-11(5-7-13)16(18)21-10-12-9-15(22-17-12)14-3-2-8-20-14/h2-9H,10H2,1H3. The zero-order chi connectivity index (χ0) is 15.4. The second-order valence-electron chi connectivity index (χ2n) is 4.46. The molecule has 0 saturated heterocycles. The molecular weight excluding hydrogens is 286 g/mol. The molecule has 0 spiro atoms. The number of hydrogen-bond donors (Lipinski definition) is 0. The van der Waals surface area contributed by atoms with E-state index in [1.165, 1.54) is 0 Å². The SMILES string of the molecule is COc1ccc(C(=O)OCc2cc(-c3ccco3)on2)cc1. The van der Waals surface area contributed by atoms with Gasteiger partial charge in [-0.15, -0.1) is 0 Å². The number of aromatic nitrogens is 1. The van der Waals surface area contributed by atoms with Crippen LogP contribution in [0.4, 0.5) is 0 Å². The summed E-state index contributed by atoms with van der Waals surface area (Å²) in [5.41, 5.74) is 0.948. The van der Waals surface area contributed by atoms with Crippen molar-refractivity contribution in [1.29, 1.82) is 0 Å². The number of nitrogens with zero attached hydrogens (tertiary/aromatic N) is 1. The normalized spacial score (nSPS) is 10.4. The minimum absolute atomic E-state index is 0.0229. The lowest BCUT2D eigenvalue weighted by Gasteiger charge is -2.03. The predicted molar refractivity (Wildman–Crippen MR) is 76.3 cm³/mol. The Kier molecular flexibility index (Phi) is 3.91. The lowest BCUT2D eigenvalue weighted by molar-refractivity contribution is 0.0464. The molecule has 0 fully saturated rings. The monoisotopic (exact) mass is 299 g/mol. The van der Waals surface area contributed by atoms with Crippen molar-refractivity contribution in [3.8, 4) is 17.3 Å². The van der Waals surface area contributed by atoms with Gasteiger partial charge < -0.3 is 18.4 Å². The third-order valence-corrected chi connectivity index (χ3v) is 3.00. The van der Waals surface area contributed by atoms with Gasteiger partial charge >= 0.3 is 5.97 Å². The molecule has 0 atom stereocenters. The summed E-state index contributed by atoms with van der Waals surface area (Å²) in [4.78, 5) is 11.9. The summed E-state index contributed by atoms with van der Waals surface area (Å²) in [6.45, 7) is 0.0229. The van der Waals surface area contributed by atoms with Crippen LogP contribution in [-0.2, 0) is 11.3 Å². The number of carbonyl (C=O) groups excluding carboxylic acids is 1. The third kappa shape index (κ3) is 3.01. The van der Waals surface area contributed by atoms with Crippen molar-refractivity contribution in [2.45, 2.75) is 6.61 Å². The summed E-state index contributed by atoms with van der Waals surface area (Å²) >= 11 is 0. The first-order chi connectivity index (χ1) is 10.8. The molecule has 22 heavy (non-hydrogen) atoms. The minimum Gasteiger partial charge on any atom is -0.497 e. The fourth-order valence-electron chi connectivity index (χ4n) is 1.86. The van der Waals surface area contributed by atoms with Crippen molar-refractivity contribution in [1.82, 2.24) is 5.16 Å². The second-order valence-corrected chi connectivity index (χ2v) is 4.46. The Morgan fingerprint density at radius 2 is 2.00 bits per heavy atom. The van der Waals surface area contributed by atoms with Gasteiger partial charge in [0.05, 0.1) is 18.9 Å². The second kappa shape index (κ2) is 6.17. The van der Waals surface area contributed by atoms with E-state index in [-0.39, 0.29) is 6.61 Å². The summed E-state index contributed by atoms with van der Waals surface area (Å²) in [5, 5.41) is 3.83. The molecule has 0 bridgehead atoms. The quantitative estimate of drug-likeness (QED) is 0.673. The average molecular weight is 299 g/mol. The van der Waals surface area contributed by atoms with Crippen molar-refractivity contribution >= 4 is 5.97 Å². The number of benzene rings is 1. The van der Waals surface area contributed by atoms with E-state index in [4.69, 9.17) is 18.4 Å². The van der Waals surface area contributed by atoms with Crippen LogP contribution in [0.2, 0.25) is 0 Å². The molecule has 0 amide bonds. The molecule has 3 rings (SSSR count). The maximum atomic E-state index is 11.9. The first-order valence-electron chi connectivity index (χ1n) is 6.57. The Labute approximate surface area is 126 Å². The number of esters is 1. The van der Waals surface area contributed by atoms with E-state index < -0.39 is 5.97 Å². The van der Waals surface area contributed by atoms with Gasteiger partial charge in [0.2, 0.25) is 5.76 Å². The van der Waals surface area contributed by atoms with Crippen LogP contribution in [0.3, 0.4) is 0 Å². The van der Waals surface area contributed by atoms with E-state index in [9.17, 15) is 4.79 Å². The van der Waals surface area contributed by atoms with Crippen molar-refractivity contribution < 1.29 is 23.2 Å². The first kappa shape index (κ1) is 13.9. The van der Waals surface area contributed by atoms with Crippen molar-refractivity contribution in [3.05, 3.63) is 60.0 Å². The molecule has 0 unspecified atom stereocenters. The van der Waals surface area contributed by atoms with Crippen LogP contribution >= 0.6 is 0 Å². The van der Waals surface area contributed by atoms with Gasteiger partial charge in [0.25, 0.3) is 0 Å². The molecule has 0 aliphatic rings. The molecule has 3 aromatic rings.